The molecule has 0 aliphatic rings. The summed E-state index contributed by atoms with van der Waals surface area (Å²) in [6.07, 6.45) is 2.83. The van der Waals surface area contributed by atoms with Crippen molar-refractivity contribution < 1.29 is 9.00 Å². The third-order valence-electron chi connectivity index (χ3n) is 4.27. The van der Waals surface area contributed by atoms with Crippen LogP contribution < -0.4 is 0 Å². The van der Waals surface area contributed by atoms with E-state index in [1.807, 2.05) is 48.5 Å². The lowest BCUT2D eigenvalue weighted by molar-refractivity contribution is 0.108. The van der Waals surface area contributed by atoms with Crippen molar-refractivity contribution in [2.45, 2.75) is 55.7 Å². The van der Waals surface area contributed by atoms with E-state index >= 15 is 0 Å². The third-order valence-corrected chi connectivity index (χ3v) is 8.80. The second-order valence-electron chi connectivity index (χ2n) is 8.34. The first-order chi connectivity index (χ1) is 13.2. The highest BCUT2D eigenvalue weighted by Crippen LogP contribution is 2.29. The number of hydrogen-bond acceptors (Lipinski definition) is 3. The van der Waals surface area contributed by atoms with Gasteiger partial charge in [0.1, 0.15) is 0 Å². The van der Waals surface area contributed by atoms with E-state index < -0.39 is 18.9 Å². The van der Waals surface area contributed by atoms with E-state index in [1.165, 1.54) is 17.3 Å². The Morgan fingerprint density at radius 1 is 1.04 bits per heavy atom. The number of carbonyl (C=O) groups excluding carboxylic acids is 1. The SMILES string of the molecule is CC(C)=CCc1cccc(C(=O)Sc2ccccc2)c1S(=O)CC[Si](C)(C)C. The van der Waals surface area contributed by atoms with Gasteiger partial charge < -0.3 is 0 Å². The van der Waals surface area contributed by atoms with Crippen LogP contribution in [0.25, 0.3) is 0 Å². The molecule has 28 heavy (non-hydrogen) atoms. The van der Waals surface area contributed by atoms with Gasteiger partial charge in [-0.2, -0.15) is 0 Å². The minimum Gasteiger partial charge on any atom is -0.281 e. The summed E-state index contributed by atoms with van der Waals surface area (Å²) in [5, 5.41) is -0.0402. The first kappa shape index (κ1) is 22.9. The molecule has 2 aromatic carbocycles. The lowest BCUT2D eigenvalue weighted by Crippen LogP contribution is -2.23. The van der Waals surface area contributed by atoms with E-state index in [9.17, 15) is 9.00 Å². The standard InChI is InChI=1S/C23H30O2S2Si/c1-18(2)14-15-19-10-9-13-21(22(19)27(25)16-17-28(3,4)5)23(24)26-20-11-7-6-8-12-20/h6-14H,15-17H2,1-5H3. The van der Waals surface area contributed by atoms with Gasteiger partial charge in [0.15, 0.2) is 0 Å². The zero-order valence-electron chi connectivity index (χ0n) is 17.5. The fraction of sp³-hybridized carbons (Fsp3) is 0.348. The molecule has 0 saturated heterocycles. The maximum Gasteiger partial charge on any atom is 0.225 e. The number of allylic oxidation sites excluding steroid dienone is 2. The Balaban J connectivity index is 2.40. The van der Waals surface area contributed by atoms with Crippen molar-refractivity contribution in [3.63, 3.8) is 0 Å². The molecule has 2 nitrogen and oxygen atoms in total. The minimum absolute atomic E-state index is 0.0402. The lowest BCUT2D eigenvalue weighted by Gasteiger charge is -2.17. The Hall–Kier alpha value is -1.43. The van der Waals surface area contributed by atoms with Crippen LogP contribution in [-0.4, -0.2) is 23.2 Å². The molecule has 0 N–H and O–H groups in total. The van der Waals surface area contributed by atoms with Crippen molar-refractivity contribution >= 4 is 35.8 Å². The van der Waals surface area contributed by atoms with E-state index in [0.717, 1.165) is 21.4 Å². The molecular formula is C23H30O2S2Si. The van der Waals surface area contributed by atoms with Gasteiger partial charge in [-0.25, -0.2) is 0 Å². The smallest absolute Gasteiger partial charge is 0.225 e. The van der Waals surface area contributed by atoms with E-state index in [4.69, 9.17) is 0 Å². The van der Waals surface area contributed by atoms with Crippen LogP contribution in [0.3, 0.4) is 0 Å². The molecular weight excluding hydrogens is 400 g/mol. The Bertz CT molecular complexity index is 864. The molecule has 2 rings (SSSR count). The Labute approximate surface area is 177 Å². The van der Waals surface area contributed by atoms with Crippen LogP contribution in [0.2, 0.25) is 25.7 Å². The molecule has 0 aliphatic heterocycles. The second-order valence-corrected chi connectivity index (χ2v) is 16.5. The zero-order valence-corrected chi connectivity index (χ0v) is 20.1. The topological polar surface area (TPSA) is 34.1 Å². The van der Waals surface area contributed by atoms with Gasteiger partial charge in [-0.3, -0.25) is 9.00 Å². The van der Waals surface area contributed by atoms with Gasteiger partial charge in [-0.05, 0) is 61.8 Å². The summed E-state index contributed by atoms with van der Waals surface area (Å²) in [4.78, 5) is 14.7. The van der Waals surface area contributed by atoms with Gasteiger partial charge >= 0.3 is 0 Å². The molecule has 150 valence electrons. The van der Waals surface area contributed by atoms with Gasteiger partial charge in [-0.1, -0.05) is 61.6 Å². The highest BCUT2D eigenvalue weighted by Gasteiger charge is 2.22. The summed E-state index contributed by atoms with van der Waals surface area (Å²) in [5.74, 6) is 0.623. The fourth-order valence-corrected chi connectivity index (χ4v) is 7.74. The van der Waals surface area contributed by atoms with Gasteiger partial charge in [-0.15, -0.1) is 0 Å². The average molecular weight is 431 g/mol. The molecule has 0 fully saturated rings. The summed E-state index contributed by atoms with van der Waals surface area (Å²) in [5.41, 5.74) is 2.80. The van der Waals surface area contributed by atoms with Crippen LogP contribution in [0.15, 0.2) is 70.0 Å². The van der Waals surface area contributed by atoms with E-state index in [-0.39, 0.29) is 5.12 Å². The van der Waals surface area contributed by atoms with Crippen LogP contribution in [-0.2, 0) is 17.2 Å². The number of carbonyl (C=O) groups is 1. The Morgan fingerprint density at radius 3 is 2.32 bits per heavy atom. The molecule has 0 bridgehead atoms. The highest BCUT2D eigenvalue weighted by molar-refractivity contribution is 8.14. The highest BCUT2D eigenvalue weighted by atomic mass is 32.2. The summed E-state index contributed by atoms with van der Waals surface area (Å²) in [7, 11) is -2.48. The molecule has 5 heteroatoms. The maximum atomic E-state index is 13.3. The fourth-order valence-electron chi connectivity index (χ4n) is 2.64. The van der Waals surface area contributed by atoms with Crippen molar-refractivity contribution in [2.75, 3.05) is 5.75 Å². The van der Waals surface area contributed by atoms with Crippen molar-refractivity contribution in [2.24, 2.45) is 0 Å². The molecule has 1 unspecified atom stereocenters. The number of thioether (sulfide) groups is 1. The van der Waals surface area contributed by atoms with Gasteiger partial charge in [0, 0.05) is 24.3 Å². The predicted octanol–water partition coefficient (Wildman–Crippen LogP) is 6.57. The van der Waals surface area contributed by atoms with Crippen molar-refractivity contribution in [3.8, 4) is 0 Å². The van der Waals surface area contributed by atoms with Crippen LogP contribution in [0.4, 0.5) is 0 Å². The molecule has 0 saturated carbocycles. The average Bonchev–Trinajstić information content (AvgIpc) is 2.64. The molecule has 0 spiro atoms. The Morgan fingerprint density at radius 2 is 1.71 bits per heavy atom. The van der Waals surface area contributed by atoms with Crippen molar-refractivity contribution in [3.05, 3.63) is 71.3 Å². The van der Waals surface area contributed by atoms with E-state index in [2.05, 4.69) is 39.6 Å². The predicted molar refractivity (Wildman–Crippen MR) is 126 cm³/mol. The number of hydrogen-bond donors (Lipinski definition) is 0. The number of rotatable bonds is 8. The van der Waals surface area contributed by atoms with Crippen LogP contribution in [0.5, 0.6) is 0 Å². The summed E-state index contributed by atoms with van der Waals surface area (Å²) in [6.45, 7) is 11.0. The number of benzene rings is 2. The summed E-state index contributed by atoms with van der Waals surface area (Å²) < 4.78 is 13.3. The van der Waals surface area contributed by atoms with E-state index in [0.29, 0.717) is 17.7 Å². The molecule has 0 radical (unpaired) electrons. The molecule has 0 heterocycles. The molecule has 1 atom stereocenters. The second kappa shape index (κ2) is 10.4. The van der Waals surface area contributed by atoms with Crippen LogP contribution >= 0.6 is 11.8 Å². The first-order valence-corrected chi connectivity index (χ1v) is 15.4. The largest absolute Gasteiger partial charge is 0.281 e. The quantitative estimate of drug-likeness (QED) is 0.270. The summed E-state index contributed by atoms with van der Waals surface area (Å²) >= 11 is 1.20. The lowest BCUT2D eigenvalue weighted by atomic mass is 10.1. The maximum absolute atomic E-state index is 13.3. The van der Waals surface area contributed by atoms with Crippen LogP contribution in [0.1, 0.15) is 29.8 Å². The zero-order chi connectivity index (χ0) is 20.7. The van der Waals surface area contributed by atoms with Gasteiger partial charge in [0.25, 0.3) is 0 Å². The van der Waals surface area contributed by atoms with Crippen LogP contribution in [0, 0.1) is 0 Å². The normalized spacial score (nSPS) is 12.5. The summed E-state index contributed by atoms with van der Waals surface area (Å²) in [6, 6.07) is 16.4. The molecule has 0 aromatic heterocycles. The Kier molecular flexibility index (Phi) is 8.47. The molecule has 0 amide bonds. The molecule has 2 aromatic rings. The van der Waals surface area contributed by atoms with Crippen molar-refractivity contribution in [1.82, 2.24) is 0 Å². The van der Waals surface area contributed by atoms with E-state index in [1.54, 1.807) is 0 Å². The minimum atomic E-state index is -1.31. The van der Waals surface area contributed by atoms with Crippen molar-refractivity contribution in [1.29, 1.82) is 0 Å². The van der Waals surface area contributed by atoms with Gasteiger partial charge in [0.2, 0.25) is 5.12 Å². The monoisotopic (exact) mass is 430 g/mol. The first-order valence-electron chi connectivity index (χ1n) is 9.58. The third kappa shape index (κ3) is 7.19. The van der Waals surface area contributed by atoms with Gasteiger partial charge in [0.05, 0.1) is 15.7 Å². The molecule has 0 aliphatic carbocycles.